The fraction of sp³-hybridized carbons (Fsp3) is 0.389. The lowest BCUT2D eigenvalue weighted by Crippen LogP contribution is -2.30. The van der Waals surface area contributed by atoms with Crippen molar-refractivity contribution in [3.05, 3.63) is 54.0 Å². The minimum absolute atomic E-state index is 0.158. The lowest BCUT2D eigenvalue weighted by molar-refractivity contribution is 0.0936. The summed E-state index contributed by atoms with van der Waals surface area (Å²) in [6.07, 6.45) is 1.01. The van der Waals surface area contributed by atoms with Crippen molar-refractivity contribution >= 4 is 15.9 Å². The Hall–Kier alpha value is -2.16. The van der Waals surface area contributed by atoms with E-state index in [1.165, 1.54) is 34.8 Å². The topological polar surface area (TPSA) is 99.9 Å². The Morgan fingerprint density at radius 3 is 2.38 bits per heavy atom. The van der Waals surface area contributed by atoms with E-state index in [1.807, 2.05) is 0 Å². The number of amides is 1. The van der Waals surface area contributed by atoms with E-state index in [2.05, 4.69) is 5.32 Å². The summed E-state index contributed by atoms with van der Waals surface area (Å²) in [5.74, 6) is 0.119. The quantitative estimate of drug-likeness (QED) is 0.694. The van der Waals surface area contributed by atoms with Crippen molar-refractivity contribution in [2.45, 2.75) is 31.3 Å². The molecule has 1 atom stereocenters. The van der Waals surface area contributed by atoms with Crippen molar-refractivity contribution in [2.75, 3.05) is 19.6 Å². The summed E-state index contributed by atoms with van der Waals surface area (Å²) >= 11 is 0. The molecule has 8 heteroatoms. The molecule has 0 aliphatic rings. The second kappa shape index (κ2) is 8.98. The van der Waals surface area contributed by atoms with Crippen LogP contribution in [0, 0.1) is 0 Å². The molecule has 0 aliphatic heterocycles. The average Bonchev–Trinajstić information content (AvgIpc) is 3.17. The molecule has 2 rings (SSSR count). The third-order valence-electron chi connectivity index (χ3n) is 4.03. The summed E-state index contributed by atoms with van der Waals surface area (Å²) in [5, 5.41) is 12.6. The van der Waals surface area contributed by atoms with Gasteiger partial charge in [0.1, 0.15) is 11.9 Å². The van der Waals surface area contributed by atoms with Gasteiger partial charge in [0.15, 0.2) is 0 Å². The highest BCUT2D eigenvalue weighted by atomic mass is 32.2. The number of aliphatic hydroxyl groups is 1. The minimum Gasteiger partial charge on any atom is -0.467 e. The second-order valence-corrected chi connectivity index (χ2v) is 7.63. The number of nitrogens with zero attached hydrogens (tertiary/aromatic N) is 1. The van der Waals surface area contributed by atoms with Gasteiger partial charge in [-0.3, -0.25) is 4.79 Å². The molecule has 0 saturated carbocycles. The van der Waals surface area contributed by atoms with Crippen molar-refractivity contribution in [1.82, 2.24) is 9.62 Å². The number of nitrogens with one attached hydrogen (secondary N) is 1. The standard InChI is InChI=1S/C18H24N2O5S/c1-3-20(4-2)26(23,24)15-9-7-14(8-10-15)18(22)19-12-11-16(21)17-6-5-13-25-17/h5-10,13,16,21H,3-4,11-12H2,1-2H3,(H,19,22). The van der Waals surface area contributed by atoms with Gasteiger partial charge in [-0.25, -0.2) is 8.42 Å². The number of hydrogen-bond donors (Lipinski definition) is 2. The van der Waals surface area contributed by atoms with Gasteiger partial charge in [-0.2, -0.15) is 4.31 Å². The van der Waals surface area contributed by atoms with Crippen LogP contribution in [0.2, 0.25) is 0 Å². The van der Waals surface area contributed by atoms with E-state index in [0.717, 1.165) is 0 Å². The first-order valence-electron chi connectivity index (χ1n) is 8.50. The van der Waals surface area contributed by atoms with Crippen LogP contribution in [0.3, 0.4) is 0 Å². The van der Waals surface area contributed by atoms with Gasteiger partial charge in [0.2, 0.25) is 10.0 Å². The van der Waals surface area contributed by atoms with E-state index in [-0.39, 0.29) is 17.3 Å². The number of carbonyl (C=O) groups excluding carboxylic acids is 1. The van der Waals surface area contributed by atoms with E-state index in [4.69, 9.17) is 4.42 Å². The highest BCUT2D eigenvalue weighted by Gasteiger charge is 2.21. The van der Waals surface area contributed by atoms with Gasteiger partial charge in [0.05, 0.1) is 11.2 Å². The lowest BCUT2D eigenvalue weighted by atomic mass is 10.2. The first kappa shape index (κ1) is 20.2. The normalized spacial score (nSPS) is 12.9. The molecular weight excluding hydrogens is 356 g/mol. The van der Waals surface area contributed by atoms with Crippen LogP contribution in [0.4, 0.5) is 0 Å². The summed E-state index contributed by atoms with van der Waals surface area (Å²) < 4.78 is 31.3. The number of aliphatic hydroxyl groups excluding tert-OH is 1. The summed E-state index contributed by atoms with van der Waals surface area (Å²) in [6, 6.07) is 9.18. The molecule has 1 amide bonds. The molecule has 0 radical (unpaired) electrons. The molecule has 1 aromatic heterocycles. The predicted molar refractivity (Wildman–Crippen MR) is 97.2 cm³/mol. The SMILES string of the molecule is CCN(CC)S(=O)(=O)c1ccc(C(=O)NCCC(O)c2ccco2)cc1. The Morgan fingerprint density at radius 2 is 1.85 bits per heavy atom. The van der Waals surface area contributed by atoms with Crippen LogP contribution in [-0.2, 0) is 10.0 Å². The summed E-state index contributed by atoms with van der Waals surface area (Å²) in [5.41, 5.74) is 0.357. The molecule has 1 heterocycles. The van der Waals surface area contributed by atoms with E-state index in [0.29, 0.717) is 30.8 Å². The third-order valence-corrected chi connectivity index (χ3v) is 6.10. The van der Waals surface area contributed by atoms with Crippen molar-refractivity contribution < 1.29 is 22.7 Å². The molecule has 142 valence electrons. The van der Waals surface area contributed by atoms with Crippen molar-refractivity contribution in [1.29, 1.82) is 0 Å². The summed E-state index contributed by atoms with van der Waals surface area (Å²) in [6.45, 7) is 4.60. The largest absolute Gasteiger partial charge is 0.467 e. The average molecular weight is 380 g/mol. The smallest absolute Gasteiger partial charge is 0.251 e. The molecule has 0 spiro atoms. The molecule has 0 bridgehead atoms. The van der Waals surface area contributed by atoms with Gasteiger partial charge in [-0.15, -0.1) is 0 Å². The Bertz CT molecular complexity index is 797. The maximum atomic E-state index is 12.4. The highest BCUT2D eigenvalue weighted by molar-refractivity contribution is 7.89. The molecule has 26 heavy (non-hydrogen) atoms. The van der Waals surface area contributed by atoms with Gasteiger partial charge in [0, 0.05) is 25.2 Å². The number of carbonyl (C=O) groups is 1. The Morgan fingerprint density at radius 1 is 1.19 bits per heavy atom. The zero-order valence-electron chi connectivity index (χ0n) is 14.9. The fourth-order valence-electron chi connectivity index (χ4n) is 2.54. The summed E-state index contributed by atoms with van der Waals surface area (Å²) in [7, 11) is -3.54. The maximum absolute atomic E-state index is 12.4. The van der Waals surface area contributed by atoms with Crippen LogP contribution < -0.4 is 5.32 Å². The van der Waals surface area contributed by atoms with Crippen LogP contribution in [0.25, 0.3) is 0 Å². The van der Waals surface area contributed by atoms with E-state index in [9.17, 15) is 18.3 Å². The van der Waals surface area contributed by atoms with Gasteiger partial charge >= 0.3 is 0 Å². The molecule has 1 unspecified atom stereocenters. The van der Waals surface area contributed by atoms with Crippen molar-refractivity contribution in [3.63, 3.8) is 0 Å². The van der Waals surface area contributed by atoms with Crippen LogP contribution in [0.5, 0.6) is 0 Å². The van der Waals surface area contributed by atoms with Crippen LogP contribution in [0.15, 0.2) is 52.0 Å². The number of hydrogen-bond acceptors (Lipinski definition) is 5. The molecule has 2 N–H and O–H groups in total. The van der Waals surface area contributed by atoms with Gasteiger partial charge in [-0.1, -0.05) is 13.8 Å². The maximum Gasteiger partial charge on any atom is 0.251 e. The number of sulfonamides is 1. The number of benzene rings is 1. The Balaban J connectivity index is 1.94. The van der Waals surface area contributed by atoms with E-state index >= 15 is 0 Å². The van der Waals surface area contributed by atoms with Crippen LogP contribution in [-0.4, -0.2) is 43.4 Å². The zero-order valence-corrected chi connectivity index (χ0v) is 15.7. The molecule has 2 aromatic rings. The van der Waals surface area contributed by atoms with Gasteiger partial charge in [0.25, 0.3) is 5.91 Å². The summed E-state index contributed by atoms with van der Waals surface area (Å²) in [4.78, 5) is 12.3. The van der Waals surface area contributed by atoms with E-state index in [1.54, 1.807) is 26.0 Å². The predicted octanol–water partition coefficient (Wildman–Crippen LogP) is 2.16. The minimum atomic E-state index is -3.54. The number of rotatable bonds is 9. The Kier molecular flexibility index (Phi) is 6.96. The lowest BCUT2D eigenvalue weighted by Gasteiger charge is -2.18. The molecule has 7 nitrogen and oxygen atoms in total. The molecule has 0 saturated heterocycles. The zero-order chi connectivity index (χ0) is 19.2. The number of furan rings is 1. The molecule has 1 aromatic carbocycles. The Labute approximate surface area is 153 Å². The first-order chi connectivity index (χ1) is 12.4. The van der Waals surface area contributed by atoms with Crippen molar-refractivity contribution in [3.8, 4) is 0 Å². The van der Waals surface area contributed by atoms with Gasteiger partial charge < -0.3 is 14.8 Å². The monoisotopic (exact) mass is 380 g/mol. The fourth-order valence-corrected chi connectivity index (χ4v) is 4.00. The molecular formula is C18H24N2O5S. The van der Waals surface area contributed by atoms with Crippen LogP contribution >= 0.6 is 0 Å². The van der Waals surface area contributed by atoms with E-state index < -0.39 is 16.1 Å². The highest BCUT2D eigenvalue weighted by Crippen LogP contribution is 2.17. The third kappa shape index (κ3) is 4.72. The molecule has 0 aliphatic carbocycles. The van der Waals surface area contributed by atoms with Crippen molar-refractivity contribution in [2.24, 2.45) is 0 Å². The first-order valence-corrected chi connectivity index (χ1v) is 9.94. The van der Waals surface area contributed by atoms with Gasteiger partial charge in [-0.05, 0) is 42.8 Å². The van der Waals surface area contributed by atoms with Crippen LogP contribution in [0.1, 0.15) is 42.5 Å². The molecule has 0 fully saturated rings. The second-order valence-electron chi connectivity index (χ2n) is 5.69.